The summed E-state index contributed by atoms with van der Waals surface area (Å²) in [6.45, 7) is 6.58. The lowest BCUT2D eigenvalue weighted by molar-refractivity contribution is 0.130. The molecule has 190 valence electrons. The molecule has 0 fully saturated rings. The van der Waals surface area contributed by atoms with Crippen molar-refractivity contribution in [1.82, 2.24) is 30.1 Å². The van der Waals surface area contributed by atoms with Crippen LogP contribution in [-0.2, 0) is 24.2 Å². The average Bonchev–Trinajstić information content (AvgIpc) is 3.34. The predicted octanol–water partition coefficient (Wildman–Crippen LogP) is 3.61. The summed E-state index contributed by atoms with van der Waals surface area (Å²) in [6.07, 6.45) is 0.836. The number of H-pyrrole nitrogens is 1. The lowest BCUT2D eigenvalue weighted by Crippen LogP contribution is -2.37. The smallest absolute Gasteiger partial charge is 0.252 e. The fourth-order valence-corrected chi connectivity index (χ4v) is 4.57. The quantitative estimate of drug-likeness (QED) is 0.324. The minimum absolute atomic E-state index is 0.0963. The number of fused-ring (bicyclic) bond motifs is 1. The maximum atomic E-state index is 13.1. The number of ether oxygens (including phenoxy) is 2. The summed E-state index contributed by atoms with van der Waals surface area (Å²) < 4.78 is 12.5. The molecule has 0 spiro atoms. The highest BCUT2D eigenvalue weighted by molar-refractivity contribution is 5.80. The topological polar surface area (TPSA) is 98.2 Å². The Morgan fingerprint density at radius 1 is 1.08 bits per heavy atom. The summed E-state index contributed by atoms with van der Waals surface area (Å²) in [7, 11) is 3.30. The molecule has 36 heavy (non-hydrogen) atoms. The Kier molecular flexibility index (Phi) is 8.45. The van der Waals surface area contributed by atoms with Crippen LogP contribution in [0.25, 0.3) is 10.9 Å². The molecule has 0 saturated heterocycles. The molecule has 0 aliphatic rings. The molecule has 9 heteroatoms. The largest absolute Gasteiger partial charge is 0.497 e. The molecule has 1 atom stereocenters. The molecule has 9 nitrogen and oxygen atoms in total. The minimum atomic E-state index is -0.0983. The maximum Gasteiger partial charge on any atom is 0.252 e. The molecular weight excluding hydrogens is 456 g/mol. The van der Waals surface area contributed by atoms with Crippen LogP contribution in [0.2, 0.25) is 0 Å². The van der Waals surface area contributed by atoms with Crippen LogP contribution in [0.3, 0.4) is 0 Å². The van der Waals surface area contributed by atoms with Gasteiger partial charge < -0.3 is 14.5 Å². The van der Waals surface area contributed by atoms with Gasteiger partial charge in [0.15, 0.2) is 5.82 Å². The van der Waals surface area contributed by atoms with Gasteiger partial charge in [0.1, 0.15) is 5.75 Å². The number of nitrogens with zero attached hydrogens (tertiary/aromatic N) is 5. The number of hydrogen-bond acceptors (Lipinski definition) is 7. The number of methoxy groups -OCH3 is 2. The summed E-state index contributed by atoms with van der Waals surface area (Å²) in [5.41, 5.74) is 2.61. The van der Waals surface area contributed by atoms with Gasteiger partial charge in [-0.15, -0.1) is 5.10 Å². The van der Waals surface area contributed by atoms with Crippen molar-refractivity contribution < 1.29 is 9.47 Å². The van der Waals surface area contributed by atoms with E-state index in [2.05, 4.69) is 51.4 Å². The van der Waals surface area contributed by atoms with Gasteiger partial charge in [0.2, 0.25) is 0 Å². The average molecular weight is 491 g/mol. The summed E-state index contributed by atoms with van der Waals surface area (Å²) in [6, 6.07) is 17.9. The normalized spacial score (nSPS) is 12.5. The van der Waals surface area contributed by atoms with Gasteiger partial charge in [-0.25, -0.2) is 4.68 Å². The second-order valence-electron chi connectivity index (χ2n) is 9.22. The Bertz CT molecular complexity index is 1320. The van der Waals surface area contributed by atoms with Crippen LogP contribution in [-0.4, -0.2) is 57.5 Å². The lowest BCUT2D eigenvalue weighted by atomic mass is 9.99. The van der Waals surface area contributed by atoms with Gasteiger partial charge in [0, 0.05) is 36.7 Å². The van der Waals surface area contributed by atoms with Crippen LogP contribution in [0, 0.1) is 5.92 Å². The Hall–Kier alpha value is -3.56. The van der Waals surface area contributed by atoms with Gasteiger partial charge in [-0.05, 0) is 52.6 Å². The van der Waals surface area contributed by atoms with E-state index in [4.69, 9.17) is 9.47 Å². The van der Waals surface area contributed by atoms with E-state index in [1.54, 1.807) is 18.9 Å². The Labute approximate surface area is 211 Å². The van der Waals surface area contributed by atoms with Gasteiger partial charge in [-0.2, -0.15) is 0 Å². The van der Waals surface area contributed by atoms with Crippen LogP contribution >= 0.6 is 0 Å². The Balaban J connectivity index is 1.71. The van der Waals surface area contributed by atoms with Crippen molar-refractivity contribution >= 4 is 10.9 Å². The number of nitrogens with one attached hydrogen (secondary N) is 1. The third kappa shape index (κ3) is 5.98. The van der Waals surface area contributed by atoms with Crippen molar-refractivity contribution in [1.29, 1.82) is 0 Å². The zero-order valence-corrected chi connectivity index (χ0v) is 21.3. The molecule has 4 aromatic rings. The number of rotatable bonds is 12. The summed E-state index contributed by atoms with van der Waals surface area (Å²) in [5.74, 6) is 1.72. The van der Waals surface area contributed by atoms with Gasteiger partial charge in [-0.3, -0.25) is 9.69 Å². The first kappa shape index (κ1) is 25.5. The van der Waals surface area contributed by atoms with Gasteiger partial charge in [-0.1, -0.05) is 44.2 Å². The molecule has 4 rings (SSSR count). The van der Waals surface area contributed by atoms with Crippen LogP contribution in [0.1, 0.15) is 36.8 Å². The molecule has 1 unspecified atom stereocenters. The summed E-state index contributed by atoms with van der Waals surface area (Å²) >= 11 is 0. The van der Waals surface area contributed by atoms with Crippen molar-refractivity contribution in [3.63, 3.8) is 0 Å². The molecule has 2 heterocycles. The molecular formula is C27H34N6O3. The number of hydrogen-bond donors (Lipinski definition) is 1. The van der Waals surface area contributed by atoms with E-state index >= 15 is 0 Å². The first-order valence-electron chi connectivity index (χ1n) is 12.2. The molecule has 0 amide bonds. The molecule has 0 bridgehead atoms. The van der Waals surface area contributed by atoms with E-state index in [9.17, 15) is 4.79 Å². The molecule has 0 radical (unpaired) electrons. The van der Waals surface area contributed by atoms with Crippen molar-refractivity contribution in [2.75, 3.05) is 27.4 Å². The number of tetrazole rings is 1. The van der Waals surface area contributed by atoms with Crippen molar-refractivity contribution in [3.05, 3.63) is 81.9 Å². The molecule has 1 N–H and O–H groups in total. The zero-order valence-electron chi connectivity index (χ0n) is 21.3. The zero-order chi connectivity index (χ0) is 25.5. The Morgan fingerprint density at radius 2 is 1.89 bits per heavy atom. The fraction of sp³-hybridized carbons (Fsp3) is 0.407. The third-order valence-electron chi connectivity index (χ3n) is 6.39. The Morgan fingerprint density at radius 3 is 2.61 bits per heavy atom. The minimum Gasteiger partial charge on any atom is -0.497 e. The third-order valence-corrected chi connectivity index (χ3v) is 6.39. The van der Waals surface area contributed by atoms with Gasteiger partial charge in [0.25, 0.3) is 5.56 Å². The predicted molar refractivity (Wildman–Crippen MR) is 139 cm³/mol. The first-order valence-corrected chi connectivity index (χ1v) is 12.2. The van der Waals surface area contributed by atoms with Crippen LogP contribution in [0.15, 0.2) is 59.4 Å². The van der Waals surface area contributed by atoms with E-state index in [0.717, 1.165) is 35.4 Å². The number of aromatic amines is 1. The van der Waals surface area contributed by atoms with Crippen molar-refractivity contribution in [3.8, 4) is 5.75 Å². The maximum absolute atomic E-state index is 13.1. The van der Waals surface area contributed by atoms with Crippen molar-refractivity contribution in [2.45, 2.75) is 39.4 Å². The monoisotopic (exact) mass is 490 g/mol. The number of pyridine rings is 1. The summed E-state index contributed by atoms with van der Waals surface area (Å²) in [4.78, 5) is 18.4. The summed E-state index contributed by atoms with van der Waals surface area (Å²) in [5, 5.41) is 13.5. The van der Waals surface area contributed by atoms with Crippen LogP contribution in [0.4, 0.5) is 0 Å². The molecule has 2 aromatic carbocycles. The standard InChI is InChI=1S/C27H34N6O3/c1-19(2)25(26-29-30-31-33(26)14-15-35-3)32(13-12-20-8-6-5-7-9-20)18-22-16-21-17-23(36-4)10-11-24(21)28-27(22)34/h5-11,16-17,19,25H,12-15,18H2,1-4H3,(H,28,34). The molecule has 0 aliphatic carbocycles. The van der Waals surface area contributed by atoms with Crippen LogP contribution < -0.4 is 10.3 Å². The van der Waals surface area contributed by atoms with E-state index in [1.165, 1.54) is 5.56 Å². The van der Waals surface area contributed by atoms with E-state index < -0.39 is 0 Å². The second-order valence-corrected chi connectivity index (χ2v) is 9.22. The molecule has 0 saturated carbocycles. The number of aromatic nitrogens is 5. The highest BCUT2D eigenvalue weighted by Crippen LogP contribution is 2.29. The second kappa shape index (κ2) is 11.9. The first-order chi connectivity index (χ1) is 17.5. The highest BCUT2D eigenvalue weighted by Gasteiger charge is 2.29. The lowest BCUT2D eigenvalue weighted by Gasteiger charge is -2.33. The molecule has 0 aliphatic heterocycles. The SMILES string of the molecule is COCCn1nnnc1C(C(C)C)N(CCc1ccccc1)Cc1cc2cc(OC)ccc2[nH]c1=O. The van der Waals surface area contributed by atoms with E-state index in [0.29, 0.717) is 25.3 Å². The van der Waals surface area contributed by atoms with E-state index in [-0.39, 0.29) is 17.5 Å². The highest BCUT2D eigenvalue weighted by atomic mass is 16.5. The van der Waals surface area contributed by atoms with Gasteiger partial charge >= 0.3 is 0 Å². The van der Waals surface area contributed by atoms with E-state index in [1.807, 2.05) is 42.5 Å². The number of benzene rings is 2. The van der Waals surface area contributed by atoms with Crippen LogP contribution in [0.5, 0.6) is 5.75 Å². The molecule has 2 aromatic heterocycles. The van der Waals surface area contributed by atoms with Gasteiger partial charge in [0.05, 0.1) is 26.3 Å². The fourth-order valence-electron chi connectivity index (χ4n) is 4.57. The van der Waals surface area contributed by atoms with Crippen molar-refractivity contribution in [2.24, 2.45) is 5.92 Å².